The Morgan fingerprint density at radius 1 is 0.657 bits per heavy atom. The molecule has 0 spiro atoms. The fourth-order valence-corrected chi connectivity index (χ4v) is 3.58. The molecule has 4 rings (SSSR count). The van der Waals surface area contributed by atoms with Crippen LogP contribution >= 0.6 is 0 Å². The van der Waals surface area contributed by atoms with Crippen LogP contribution in [0.2, 0.25) is 0 Å². The number of carbonyl (C=O) groups is 2. The minimum Gasteiger partial charge on any atom is -0.488 e. The highest BCUT2D eigenvalue weighted by Crippen LogP contribution is 2.30. The average molecular weight is 468 g/mol. The van der Waals surface area contributed by atoms with Crippen molar-refractivity contribution in [3.63, 3.8) is 0 Å². The molecule has 2 amide bonds. The van der Waals surface area contributed by atoms with E-state index in [4.69, 9.17) is 20.9 Å². The molecular weight excluding hydrogens is 442 g/mol. The Morgan fingerprint density at radius 2 is 1.17 bits per heavy atom. The van der Waals surface area contributed by atoms with Crippen molar-refractivity contribution in [2.24, 2.45) is 5.73 Å². The van der Waals surface area contributed by atoms with Gasteiger partial charge in [0, 0.05) is 5.69 Å². The Labute approximate surface area is 203 Å². The predicted octanol–water partition coefficient (Wildman–Crippen LogP) is 4.78. The summed E-state index contributed by atoms with van der Waals surface area (Å²) in [5, 5.41) is 2.75. The lowest BCUT2D eigenvalue weighted by molar-refractivity contribution is 0.0997. The maximum Gasteiger partial charge on any atom is 0.261 e. The molecular formula is C28H25N3O4. The number of amides is 2. The number of hydrogen-bond donors (Lipinski definition) is 3. The van der Waals surface area contributed by atoms with E-state index in [-0.39, 0.29) is 41.5 Å². The van der Waals surface area contributed by atoms with Crippen LogP contribution < -0.4 is 26.3 Å². The number of benzene rings is 4. The van der Waals surface area contributed by atoms with Gasteiger partial charge in [-0.15, -0.1) is 0 Å². The summed E-state index contributed by atoms with van der Waals surface area (Å²) >= 11 is 0. The topological polar surface area (TPSA) is 117 Å². The zero-order valence-electron chi connectivity index (χ0n) is 18.9. The normalized spacial score (nSPS) is 10.4. The highest BCUT2D eigenvalue weighted by atomic mass is 16.5. The summed E-state index contributed by atoms with van der Waals surface area (Å²) in [7, 11) is 0. The molecule has 0 radical (unpaired) electrons. The third kappa shape index (κ3) is 5.78. The zero-order chi connectivity index (χ0) is 24.6. The molecule has 5 N–H and O–H groups in total. The quantitative estimate of drug-likeness (QED) is 0.306. The van der Waals surface area contributed by atoms with Gasteiger partial charge in [-0.3, -0.25) is 9.59 Å². The summed E-state index contributed by atoms with van der Waals surface area (Å²) in [5.41, 5.74) is 14.3. The first-order chi connectivity index (χ1) is 17.0. The predicted molar refractivity (Wildman–Crippen MR) is 135 cm³/mol. The lowest BCUT2D eigenvalue weighted by Crippen LogP contribution is -2.20. The molecule has 0 unspecified atom stereocenters. The first-order valence-electron chi connectivity index (χ1n) is 11.0. The van der Waals surface area contributed by atoms with E-state index >= 15 is 0 Å². The van der Waals surface area contributed by atoms with Crippen molar-refractivity contribution in [3.05, 3.63) is 119 Å². The number of ether oxygens (including phenoxy) is 2. The van der Waals surface area contributed by atoms with Crippen LogP contribution in [0.1, 0.15) is 31.8 Å². The lowest BCUT2D eigenvalue weighted by atomic mass is 10.1. The number of hydrogen-bond acceptors (Lipinski definition) is 5. The number of anilines is 2. The van der Waals surface area contributed by atoms with Gasteiger partial charge in [0.15, 0.2) is 0 Å². The van der Waals surface area contributed by atoms with Crippen molar-refractivity contribution in [3.8, 4) is 11.5 Å². The van der Waals surface area contributed by atoms with Crippen LogP contribution in [0.15, 0.2) is 97.1 Å². The molecule has 0 aliphatic heterocycles. The van der Waals surface area contributed by atoms with E-state index in [0.29, 0.717) is 5.75 Å². The van der Waals surface area contributed by atoms with Crippen LogP contribution in [-0.2, 0) is 13.2 Å². The largest absolute Gasteiger partial charge is 0.488 e. The van der Waals surface area contributed by atoms with E-state index in [9.17, 15) is 9.59 Å². The molecule has 0 atom stereocenters. The molecule has 0 aliphatic carbocycles. The zero-order valence-corrected chi connectivity index (χ0v) is 18.9. The van der Waals surface area contributed by atoms with E-state index in [2.05, 4.69) is 5.32 Å². The second kappa shape index (κ2) is 10.9. The number of nitrogens with one attached hydrogen (secondary N) is 1. The Morgan fingerprint density at radius 3 is 1.71 bits per heavy atom. The van der Waals surface area contributed by atoms with Crippen LogP contribution in [0.5, 0.6) is 11.5 Å². The first-order valence-corrected chi connectivity index (χ1v) is 11.0. The van der Waals surface area contributed by atoms with E-state index in [1.807, 2.05) is 60.7 Å². The molecule has 0 bridgehead atoms. The maximum absolute atomic E-state index is 13.3. The van der Waals surface area contributed by atoms with Crippen LogP contribution in [0.4, 0.5) is 11.4 Å². The van der Waals surface area contributed by atoms with Gasteiger partial charge in [-0.25, -0.2) is 0 Å². The van der Waals surface area contributed by atoms with Gasteiger partial charge in [0.1, 0.15) is 35.8 Å². The smallest absolute Gasteiger partial charge is 0.261 e. The Balaban J connectivity index is 1.57. The van der Waals surface area contributed by atoms with Crippen molar-refractivity contribution < 1.29 is 19.1 Å². The van der Waals surface area contributed by atoms with Crippen LogP contribution in [0, 0.1) is 0 Å². The van der Waals surface area contributed by atoms with Crippen molar-refractivity contribution >= 4 is 23.2 Å². The van der Waals surface area contributed by atoms with Gasteiger partial charge in [-0.1, -0.05) is 72.8 Å². The standard InChI is InChI=1S/C28H25N3O4/c29-21-13-7-15-23(34-17-19-9-3-1-4-10-19)25(21)28(33)31-22-14-8-16-24(26(22)27(30)32)35-18-20-11-5-2-6-12-20/h1-16H,17-18,29H2,(H2,30,32)(H,31,33). The Kier molecular flexibility index (Phi) is 7.28. The molecule has 0 heterocycles. The lowest BCUT2D eigenvalue weighted by Gasteiger charge is -2.17. The van der Waals surface area contributed by atoms with Crippen molar-refractivity contribution in [2.45, 2.75) is 13.2 Å². The van der Waals surface area contributed by atoms with E-state index < -0.39 is 11.8 Å². The second-order valence-electron chi connectivity index (χ2n) is 7.77. The van der Waals surface area contributed by atoms with E-state index in [1.54, 1.807) is 36.4 Å². The molecule has 0 fully saturated rings. The molecule has 0 aliphatic rings. The summed E-state index contributed by atoms with van der Waals surface area (Å²) in [6, 6.07) is 28.9. The number of carbonyl (C=O) groups excluding carboxylic acids is 2. The van der Waals surface area contributed by atoms with Crippen LogP contribution in [0.3, 0.4) is 0 Å². The fraction of sp³-hybridized carbons (Fsp3) is 0.0714. The Bertz CT molecular complexity index is 1320. The summed E-state index contributed by atoms with van der Waals surface area (Å²) in [6.45, 7) is 0.502. The molecule has 7 nitrogen and oxygen atoms in total. The summed E-state index contributed by atoms with van der Waals surface area (Å²) < 4.78 is 11.7. The van der Waals surface area contributed by atoms with Crippen molar-refractivity contribution in [1.29, 1.82) is 0 Å². The molecule has 0 saturated carbocycles. The number of primary amides is 1. The van der Waals surface area contributed by atoms with Gasteiger partial charge >= 0.3 is 0 Å². The van der Waals surface area contributed by atoms with E-state index in [1.165, 1.54) is 0 Å². The van der Waals surface area contributed by atoms with Gasteiger partial charge in [-0.2, -0.15) is 0 Å². The number of nitrogen functional groups attached to an aromatic ring is 1. The van der Waals surface area contributed by atoms with Gasteiger partial charge in [0.2, 0.25) is 0 Å². The third-order valence-corrected chi connectivity index (χ3v) is 5.28. The van der Waals surface area contributed by atoms with E-state index in [0.717, 1.165) is 11.1 Å². The minimum atomic E-state index is -0.731. The maximum atomic E-state index is 13.3. The minimum absolute atomic E-state index is 0.0676. The average Bonchev–Trinajstić information content (AvgIpc) is 2.87. The molecule has 4 aromatic rings. The highest BCUT2D eigenvalue weighted by Gasteiger charge is 2.21. The Hall–Kier alpha value is -4.78. The number of rotatable bonds is 9. The summed E-state index contributed by atoms with van der Waals surface area (Å²) in [4.78, 5) is 25.6. The molecule has 4 aromatic carbocycles. The third-order valence-electron chi connectivity index (χ3n) is 5.28. The summed E-state index contributed by atoms with van der Waals surface area (Å²) in [6.07, 6.45) is 0. The highest BCUT2D eigenvalue weighted by molar-refractivity contribution is 6.13. The van der Waals surface area contributed by atoms with Crippen LogP contribution in [-0.4, -0.2) is 11.8 Å². The molecule has 176 valence electrons. The van der Waals surface area contributed by atoms with Gasteiger partial charge in [0.05, 0.1) is 5.69 Å². The van der Waals surface area contributed by atoms with Gasteiger partial charge < -0.3 is 26.3 Å². The second-order valence-corrected chi connectivity index (χ2v) is 7.77. The molecule has 0 aromatic heterocycles. The van der Waals surface area contributed by atoms with Crippen molar-refractivity contribution in [2.75, 3.05) is 11.1 Å². The molecule has 35 heavy (non-hydrogen) atoms. The molecule has 7 heteroatoms. The summed E-state index contributed by atoms with van der Waals surface area (Å²) in [5.74, 6) is -0.677. The van der Waals surface area contributed by atoms with Gasteiger partial charge in [0.25, 0.3) is 11.8 Å². The van der Waals surface area contributed by atoms with Crippen LogP contribution in [0.25, 0.3) is 0 Å². The number of nitrogens with two attached hydrogens (primary N) is 2. The fourth-order valence-electron chi connectivity index (χ4n) is 3.58. The molecule has 0 saturated heterocycles. The SMILES string of the molecule is NC(=O)c1c(NC(=O)c2c(N)cccc2OCc2ccccc2)cccc1OCc1ccccc1. The first kappa shape index (κ1) is 23.4. The van der Waals surface area contributed by atoms with Crippen molar-refractivity contribution in [1.82, 2.24) is 0 Å². The monoisotopic (exact) mass is 467 g/mol. The van der Waals surface area contributed by atoms with Gasteiger partial charge in [-0.05, 0) is 35.4 Å².